The van der Waals surface area contributed by atoms with Gasteiger partial charge >= 0.3 is 0 Å². The summed E-state index contributed by atoms with van der Waals surface area (Å²) in [5.74, 6) is 0.187. The number of aromatic nitrogens is 3. The van der Waals surface area contributed by atoms with Crippen molar-refractivity contribution in [2.24, 2.45) is 0 Å². The second-order valence-electron chi connectivity index (χ2n) is 5.14. The molecule has 0 saturated heterocycles. The molecule has 1 heterocycles. The predicted molar refractivity (Wildman–Crippen MR) is 77.3 cm³/mol. The van der Waals surface area contributed by atoms with Crippen LogP contribution in [0.4, 0.5) is 0 Å². The van der Waals surface area contributed by atoms with E-state index in [0.717, 1.165) is 25.8 Å². The Balaban J connectivity index is 2.18. The van der Waals surface area contributed by atoms with Crippen LogP contribution in [-0.4, -0.2) is 20.8 Å². The third-order valence-corrected chi connectivity index (χ3v) is 3.35. The van der Waals surface area contributed by atoms with Crippen LogP contribution >= 0.6 is 0 Å². The van der Waals surface area contributed by atoms with Gasteiger partial charge in [-0.1, -0.05) is 57.6 Å². The Labute approximate surface area is 116 Å². The molecule has 108 valence electrons. The highest BCUT2D eigenvalue weighted by Crippen LogP contribution is 2.11. The maximum atomic E-state index is 12.0. The Hall–Kier alpha value is -1.19. The summed E-state index contributed by atoms with van der Waals surface area (Å²) in [5.41, 5.74) is 0.674. The van der Waals surface area contributed by atoms with E-state index in [9.17, 15) is 4.79 Å². The molecule has 19 heavy (non-hydrogen) atoms. The van der Waals surface area contributed by atoms with E-state index in [-0.39, 0.29) is 5.78 Å². The highest BCUT2D eigenvalue weighted by molar-refractivity contribution is 5.94. The summed E-state index contributed by atoms with van der Waals surface area (Å²) in [4.78, 5) is 12.0. The number of carbonyl (C=O) groups is 1. The fraction of sp³-hybridized carbons (Fsp3) is 0.800. The van der Waals surface area contributed by atoms with E-state index in [0.29, 0.717) is 12.1 Å². The van der Waals surface area contributed by atoms with Crippen LogP contribution in [0.25, 0.3) is 0 Å². The lowest BCUT2D eigenvalue weighted by Crippen LogP contribution is -2.10. The van der Waals surface area contributed by atoms with Crippen LogP contribution in [-0.2, 0) is 6.54 Å². The molecule has 0 N–H and O–H groups in total. The molecule has 1 aromatic heterocycles. The molecular formula is C15H27N3O. The van der Waals surface area contributed by atoms with Gasteiger partial charge in [-0.15, -0.1) is 5.10 Å². The Morgan fingerprint density at radius 3 is 2.42 bits per heavy atom. The predicted octanol–water partition coefficient (Wildman–Crippen LogP) is 4.01. The molecular weight excluding hydrogens is 238 g/mol. The summed E-state index contributed by atoms with van der Waals surface area (Å²) in [6.45, 7) is 5.08. The van der Waals surface area contributed by atoms with Crippen molar-refractivity contribution in [1.29, 1.82) is 0 Å². The molecule has 1 aromatic rings. The Morgan fingerprint density at radius 2 is 1.74 bits per heavy atom. The second kappa shape index (κ2) is 9.70. The van der Waals surface area contributed by atoms with Gasteiger partial charge in [0, 0.05) is 13.0 Å². The number of ketones is 1. The molecule has 4 heteroatoms. The van der Waals surface area contributed by atoms with Crippen molar-refractivity contribution in [2.45, 2.75) is 78.2 Å². The summed E-state index contributed by atoms with van der Waals surface area (Å²) in [5, 5.41) is 7.78. The monoisotopic (exact) mass is 265 g/mol. The van der Waals surface area contributed by atoms with Crippen LogP contribution in [0.15, 0.2) is 6.20 Å². The number of hydrogen-bond acceptors (Lipinski definition) is 3. The zero-order chi connectivity index (χ0) is 13.9. The highest BCUT2D eigenvalue weighted by Gasteiger charge is 2.11. The Morgan fingerprint density at radius 1 is 1.05 bits per heavy atom. The highest BCUT2D eigenvalue weighted by atomic mass is 16.1. The largest absolute Gasteiger partial charge is 0.292 e. The zero-order valence-electron chi connectivity index (χ0n) is 12.4. The summed E-state index contributed by atoms with van der Waals surface area (Å²) < 4.78 is 1.73. The van der Waals surface area contributed by atoms with E-state index >= 15 is 0 Å². The molecule has 1 rings (SSSR count). The molecule has 0 unspecified atom stereocenters. The first-order valence-electron chi connectivity index (χ1n) is 7.71. The molecule has 0 aliphatic rings. The van der Waals surface area contributed by atoms with Crippen molar-refractivity contribution < 1.29 is 4.79 Å². The molecule has 0 radical (unpaired) electrons. The van der Waals surface area contributed by atoms with Gasteiger partial charge in [-0.05, 0) is 12.8 Å². The molecule has 0 atom stereocenters. The number of carbonyl (C=O) groups excluding carboxylic acids is 1. The van der Waals surface area contributed by atoms with E-state index in [4.69, 9.17) is 0 Å². The molecule has 0 aromatic carbocycles. The van der Waals surface area contributed by atoms with E-state index in [2.05, 4.69) is 24.2 Å². The van der Waals surface area contributed by atoms with Crippen molar-refractivity contribution in [3.8, 4) is 0 Å². The lowest BCUT2D eigenvalue weighted by molar-refractivity contribution is 0.0968. The van der Waals surface area contributed by atoms with Gasteiger partial charge in [0.2, 0.25) is 0 Å². The van der Waals surface area contributed by atoms with Crippen molar-refractivity contribution in [3.63, 3.8) is 0 Å². The van der Waals surface area contributed by atoms with Crippen molar-refractivity contribution >= 4 is 5.78 Å². The van der Waals surface area contributed by atoms with Gasteiger partial charge in [0.25, 0.3) is 0 Å². The fourth-order valence-electron chi connectivity index (χ4n) is 2.22. The number of Topliss-reactive ketones (excluding diaryl/α,β-unsaturated/α-hetero) is 1. The van der Waals surface area contributed by atoms with Crippen LogP contribution in [0.1, 0.15) is 82.1 Å². The molecule has 0 amide bonds. The maximum absolute atomic E-state index is 12.0. The molecule has 0 aliphatic carbocycles. The van der Waals surface area contributed by atoms with E-state index in [1.54, 1.807) is 10.9 Å². The standard InChI is InChI=1S/C15H27N3O/c1-3-5-6-7-8-9-10-11-15(19)14-13-16-17-18(14)12-4-2/h13H,3-12H2,1-2H3. The fourth-order valence-corrected chi connectivity index (χ4v) is 2.22. The van der Waals surface area contributed by atoms with Gasteiger partial charge in [0.15, 0.2) is 5.78 Å². The summed E-state index contributed by atoms with van der Waals surface area (Å²) in [6.07, 6.45) is 11.8. The SMILES string of the molecule is CCCCCCCCCC(=O)c1cnnn1CCC. The van der Waals surface area contributed by atoms with Crippen molar-refractivity contribution in [2.75, 3.05) is 0 Å². The van der Waals surface area contributed by atoms with Gasteiger partial charge in [-0.3, -0.25) is 4.79 Å². The first-order chi connectivity index (χ1) is 9.29. The molecule has 0 saturated carbocycles. The summed E-state index contributed by atoms with van der Waals surface area (Å²) in [7, 11) is 0. The normalized spacial score (nSPS) is 10.8. The minimum Gasteiger partial charge on any atom is -0.292 e. The topological polar surface area (TPSA) is 47.8 Å². The van der Waals surface area contributed by atoms with Crippen LogP contribution in [0, 0.1) is 0 Å². The molecule has 0 bridgehead atoms. The lowest BCUT2D eigenvalue weighted by atomic mass is 10.1. The van der Waals surface area contributed by atoms with Crippen LogP contribution in [0.3, 0.4) is 0 Å². The third kappa shape index (κ3) is 5.99. The van der Waals surface area contributed by atoms with Gasteiger partial charge in [0.1, 0.15) is 5.69 Å². The number of aryl methyl sites for hydroxylation is 1. The molecule has 0 fully saturated rings. The van der Waals surface area contributed by atoms with Crippen LogP contribution in [0.5, 0.6) is 0 Å². The molecule has 0 spiro atoms. The van der Waals surface area contributed by atoms with Crippen LogP contribution < -0.4 is 0 Å². The maximum Gasteiger partial charge on any atom is 0.182 e. The third-order valence-electron chi connectivity index (χ3n) is 3.35. The quantitative estimate of drug-likeness (QED) is 0.448. The number of hydrogen-bond donors (Lipinski definition) is 0. The second-order valence-corrected chi connectivity index (χ2v) is 5.14. The minimum atomic E-state index is 0.187. The Kier molecular flexibility index (Phi) is 8.10. The molecule has 0 aliphatic heterocycles. The lowest BCUT2D eigenvalue weighted by Gasteiger charge is -2.04. The first-order valence-corrected chi connectivity index (χ1v) is 7.71. The number of rotatable bonds is 11. The van der Waals surface area contributed by atoms with Crippen molar-refractivity contribution in [3.05, 3.63) is 11.9 Å². The number of unbranched alkanes of at least 4 members (excludes halogenated alkanes) is 6. The first kappa shape index (κ1) is 15.9. The van der Waals surface area contributed by atoms with Crippen LogP contribution in [0.2, 0.25) is 0 Å². The van der Waals surface area contributed by atoms with Gasteiger partial charge < -0.3 is 0 Å². The average molecular weight is 265 g/mol. The van der Waals surface area contributed by atoms with Gasteiger partial charge in [0.05, 0.1) is 6.20 Å². The van der Waals surface area contributed by atoms with E-state index < -0.39 is 0 Å². The van der Waals surface area contributed by atoms with E-state index in [1.807, 2.05) is 0 Å². The Bertz CT molecular complexity index is 360. The summed E-state index contributed by atoms with van der Waals surface area (Å²) >= 11 is 0. The van der Waals surface area contributed by atoms with Gasteiger partial charge in [-0.2, -0.15) is 0 Å². The molecule has 4 nitrogen and oxygen atoms in total. The zero-order valence-corrected chi connectivity index (χ0v) is 12.4. The van der Waals surface area contributed by atoms with E-state index in [1.165, 1.54) is 32.1 Å². The minimum absolute atomic E-state index is 0.187. The van der Waals surface area contributed by atoms with Gasteiger partial charge in [-0.25, -0.2) is 4.68 Å². The number of nitrogens with zero attached hydrogens (tertiary/aromatic N) is 3. The summed E-state index contributed by atoms with van der Waals surface area (Å²) in [6, 6.07) is 0. The van der Waals surface area contributed by atoms with Crippen molar-refractivity contribution in [1.82, 2.24) is 15.0 Å². The smallest absolute Gasteiger partial charge is 0.182 e. The average Bonchev–Trinajstić information content (AvgIpc) is 2.86.